The van der Waals surface area contributed by atoms with Crippen molar-refractivity contribution in [2.75, 3.05) is 31.2 Å². The normalized spacial score (nSPS) is 11.0. The van der Waals surface area contributed by atoms with Crippen molar-refractivity contribution in [2.45, 2.75) is 0 Å². The smallest absolute Gasteiger partial charge is 0.253 e. The maximum absolute atomic E-state index is 12.4. The van der Waals surface area contributed by atoms with Crippen LogP contribution in [-0.4, -0.2) is 45.7 Å². The molecule has 0 heterocycles. The van der Waals surface area contributed by atoms with Crippen molar-refractivity contribution in [1.29, 1.82) is 0 Å². The molecule has 0 aromatic heterocycles. The summed E-state index contributed by atoms with van der Waals surface area (Å²) in [6, 6.07) is 13.4. The standard InChI is InChI=1S/C17H19ClN2O4S/c1-20(10-11-24-16-9-4-3-8-15(16)18)17(21)13-6-5-7-14(12-13)19-25(2,22)23/h3-9,12,19H,10-11H2,1-2H3. The average Bonchev–Trinajstić information content (AvgIpc) is 2.54. The summed E-state index contributed by atoms with van der Waals surface area (Å²) in [6.07, 6.45) is 1.06. The van der Waals surface area contributed by atoms with Crippen molar-refractivity contribution >= 4 is 33.2 Å². The second kappa shape index (κ2) is 8.22. The summed E-state index contributed by atoms with van der Waals surface area (Å²) < 4.78 is 30.5. The Morgan fingerprint density at radius 2 is 1.92 bits per heavy atom. The van der Waals surface area contributed by atoms with E-state index in [1.807, 2.05) is 12.1 Å². The molecule has 25 heavy (non-hydrogen) atoms. The predicted octanol–water partition coefficient (Wildman–Crippen LogP) is 2.86. The number of carbonyl (C=O) groups excluding carboxylic acids is 1. The predicted molar refractivity (Wildman–Crippen MR) is 98.8 cm³/mol. The summed E-state index contributed by atoms with van der Waals surface area (Å²) in [5, 5.41) is 0.510. The maximum atomic E-state index is 12.4. The number of amides is 1. The Kier molecular flexibility index (Phi) is 6.27. The van der Waals surface area contributed by atoms with E-state index in [0.29, 0.717) is 28.6 Å². The maximum Gasteiger partial charge on any atom is 0.253 e. The van der Waals surface area contributed by atoms with Crippen LogP contribution in [0.5, 0.6) is 5.75 Å². The van der Waals surface area contributed by atoms with Crippen molar-refractivity contribution in [3.8, 4) is 5.75 Å². The highest BCUT2D eigenvalue weighted by atomic mass is 35.5. The lowest BCUT2D eigenvalue weighted by Crippen LogP contribution is -2.31. The Morgan fingerprint density at radius 1 is 1.20 bits per heavy atom. The molecule has 2 rings (SSSR count). The molecule has 0 fully saturated rings. The number of ether oxygens (including phenoxy) is 1. The minimum Gasteiger partial charge on any atom is -0.490 e. The second-order valence-corrected chi connectivity index (χ2v) is 7.62. The molecule has 0 saturated carbocycles. The summed E-state index contributed by atoms with van der Waals surface area (Å²) in [5.41, 5.74) is 0.725. The number of hydrogen-bond acceptors (Lipinski definition) is 4. The Morgan fingerprint density at radius 3 is 2.60 bits per heavy atom. The molecule has 0 aliphatic carbocycles. The summed E-state index contributed by atoms with van der Waals surface area (Å²) >= 11 is 6.01. The van der Waals surface area contributed by atoms with Crippen molar-refractivity contribution in [1.82, 2.24) is 4.90 Å². The monoisotopic (exact) mass is 382 g/mol. The zero-order chi connectivity index (χ0) is 18.4. The highest BCUT2D eigenvalue weighted by Gasteiger charge is 2.13. The van der Waals surface area contributed by atoms with Crippen LogP contribution in [0, 0.1) is 0 Å². The third-order valence-electron chi connectivity index (χ3n) is 3.28. The lowest BCUT2D eigenvalue weighted by molar-refractivity contribution is 0.0774. The Labute approximate surface area is 152 Å². The quantitative estimate of drug-likeness (QED) is 0.798. The number of para-hydroxylation sites is 1. The van der Waals surface area contributed by atoms with Crippen LogP contribution in [0.1, 0.15) is 10.4 Å². The molecule has 1 amide bonds. The summed E-state index contributed by atoms with van der Waals surface area (Å²) in [7, 11) is -1.75. The molecule has 0 spiro atoms. The van der Waals surface area contributed by atoms with Gasteiger partial charge in [0.1, 0.15) is 12.4 Å². The average molecular weight is 383 g/mol. The molecule has 8 heteroatoms. The number of nitrogens with zero attached hydrogens (tertiary/aromatic N) is 1. The van der Waals surface area contributed by atoms with Crippen LogP contribution in [0.2, 0.25) is 5.02 Å². The highest BCUT2D eigenvalue weighted by molar-refractivity contribution is 7.92. The van der Waals surface area contributed by atoms with E-state index in [9.17, 15) is 13.2 Å². The number of rotatable bonds is 7. The molecular formula is C17H19ClN2O4S. The van der Waals surface area contributed by atoms with Crippen LogP contribution in [0.3, 0.4) is 0 Å². The first kappa shape index (κ1) is 19.1. The molecule has 0 atom stereocenters. The van der Waals surface area contributed by atoms with E-state index in [1.165, 1.54) is 11.0 Å². The molecule has 2 aromatic carbocycles. The fourth-order valence-electron chi connectivity index (χ4n) is 2.11. The zero-order valence-corrected chi connectivity index (χ0v) is 15.5. The van der Waals surface area contributed by atoms with Gasteiger partial charge in [0.2, 0.25) is 10.0 Å². The van der Waals surface area contributed by atoms with Gasteiger partial charge in [-0.2, -0.15) is 0 Å². The van der Waals surface area contributed by atoms with Gasteiger partial charge < -0.3 is 9.64 Å². The number of hydrogen-bond donors (Lipinski definition) is 1. The third kappa shape index (κ3) is 5.95. The van der Waals surface area contributed by atoms with Crippen LogP contribution in [0.15, 0.2) is 48.5 Å². The van der Waals surface area contributed by atoms with Crippen LogP contribution in [-0.2, 0) is 10.0 Å². The number of benzene rings is 2. The fraction of sp³-hybridized carbons (Fsp3) is 0.235. The minimum atomic E-state index is -3.40. The molecule has 0 aliphatic heterocycles. The molecule has 1 N–H and O–H groups in total. The van der Waals surface area contributed by atoms with E-state index < -0.39 is 10.0 Å². The van der Waals surface area contributed by atoms with Crippen molar-refractivity contribution in [3.63, 3.8) is 0 Å². The van der Waals surface area contributed by atoms with Crippen molar-refractivity contribution in [2.24, 2.45) is 0 Å². The van der Waals surface area contributed by atoms with Gasteiger partial charge in [-0.3, -0.25) is 9.52 Å². The third-order valence-corrected chi connectivity index (χ3v) is 4.20. The van der Waals surface area contributed by atoms with E-state index in [4.69, 9.17) is 16.3 Å². The van der Waals surface area contributed by atoms with Gasteiger partial charge in [0.15, 0.2) is 0 Å². The van der Waals surface area contributed by atoms with Gasteiger partial charge in [-0.25, -0.2) is 8.42 Å². The van der Waals surface area contributed by atoms with E-state index in [0.717, 1.165) is 6.26 Å². The summed E-state index contributed by atoms with van der Waals surface area (Å²) in [4.78, 5) is 13.9. The largest absolute Gasteiger partial charge is 0.490 e. The number of nitrogens with one attached hydrogen (secondary N) is 1. The first-order chi connectivity index (χ1) is 11.8. The number of carbonyl (C=O) groups is 1. The van der Waals surface area contributed by atoms with Crippen LogP contribution < -0.4 is 9.46 Å². The zero-order valence-electron chi connectivity index (χ0n) is 13.9. The van der Waals surface area contributed by atoms with Gasteiger partial charge in [0.05, 0.1) is 17.8 Å². The number of halogens is 1. The molecular weight excluding hydrogens is 364 g/mol. The molecule has 134 valence electrons. The lowest BCUT2D eigenvalue weighted by Gasteiger charge is -2.18. The second-order valence-electron chi connectivity index (χ2n) is 5.46. The Bertz CT molecular complexity index is 855. The van der Waals surface area contributed by atoms with Crippen molar-refractivity contribution in [3.05, 3.63) is 59.1 Å². The summed E-state index contributed by atoms with van der Waals surface area (Å²) in [5.74, 6) is 0.323. The van der Waals surface area contributed by atoms with Gasteiger partial charge in [-0.05, 0) is 30.3 Å². The van der Waals surface area contributed by atoms with Crippen molar-refractivity contribution < 1.29 is 17.9 Å². The summed E-state index contributed by atoms with van der Waals surface area (Å²) in [6.45, 7) is 0.640. The Hall–Kier alpha value is -2.25. The van der Waals surface area contributed by atoms with Gasteiger partial charge in [-0.1, -0.05) is 29.8 Å². The lowest BCUT2D eigenvalue weighted by atomic mass is 10.2. The molecule has 0 radical (unpaired) electrons. The topological polar surface area (TPSA) is 75.7 Å². The van der Waals surface area contributed by atoms with Gasteiger partial charge in [-0.15, -0.1) is 0 Å². The van der Waals surface area contributed by atoms with E-state index in [2.05, 4.69) is 4.72 Å². The van der Waals surface area contributed by atoms with Gasteiger partial charge in [0, 0.05) is 18.3 Å². The van der Waals surface area contributed by atoms with Gasteiger partial charge >= 0.3 is 0 Å². The number of likely N-dealkylation sites (N-methyl/N-ethyl adjacent to an activating group) is 1. The number of sulfonamides is 1. The molecule has 0 unspecified atom stereocenters. The first-order valence-corrected chi connectivity index (χ1v) is 9.74. The van der Waals surface area contributed by atoms with E-state index in [-0.39, 0.29) is 12.5 Å². The molecule has 2 aromatic rings. The SMILES string of the molecule is CN(CCOc1ccccc1Cl)C(=O)c1cccc(NS(C)(=O)=O)c1. The first-order valence-electron chi connectivity index (χ1n) is 7.47. The van der Waals surface area contributed by atoms with Crippen LogP contribution in [0.4, 0.5) is 5.69 Å². The highest BCUT2D eigenvalue weighted by Crippen LogP contribution is 2.23. The molecule has 6 nitrogen and oxygen atoms in total. The minimum absolute atomic E-state index is 0.236. The molecule has 0 bridgehead atoms. The Balaban J connectivity index is 1.95. The molecule has 0 aliphatic rings. The van der Waals surface area contributed by atoms with Crippen LogP contribution in [0.25, 0.3) is 0 Å². The molecule has 0 saturated heterocycles. The van der Waals surface area contributed by atoms with Crippen LogP contribution >= 0.6 is 11.6 Å². The van der Waals surface area contributed by atoms with E-state index >= 15 is 0 Å². The van der Waals surface area contributed by atoms with E-state index in [1.54, 1.807) is 37.4 Å². The van der Waals surface area contributed by atoms with Gasteiger partial charge in [0.25, 0.3) is 5.91 Å². The fourth-order valence-corrected chi connectivity index (χ4v) is 2.85. The number of anilines is 1.